The van der Waals surface area contributed by atoms with Crippen LogP contribution in [0.2, 0.25) is 0 Å². The second-order valence-electron chi connectivity index (χ2n) is 5.41. The zero-order valence-corrected chi connectivity index (χ0v) is 14.2. The first kappa shape index (κ1) is 16.0. The fourth-order valence-corrected chi connectivity index (χ4v) is 3.87. The number of carbonyl (C=O) groups excluding carboxylic acids is 1. The van der Waals surface area contributed by atoms with Gasteiger partial charge in [0.15, 0.2) is 0 Å². The van der Waals surface area contributed by atoms with Crippen molar-refractivity contribution in [1.29, 1.82) is 0 Å². The number of rotatable bonds is 4. The summed E-state index contributed by atoms with van der Waals surface area (Å²) in [4.78, 5) is 14.2. The van der Waals surface area contributed by atoms with E-state index >= 15 is 0 Å². The Hall–Kier alpha value is -1.91. The van der Waals surface area contributed by atoms with Crippen molar-refractivity contribution in [1.82, 2.24) is 5.43 Å². The van der Waals surface area contributed by atoms with Gasteiger partial charge in [-0.15, -0.1) is 11.3 Å². The number of amides is 1. The summed E-state index contributed by atoms with van der Waals surface area (Å²) in [7, 11) is 0. The van der Waals surface area contributed by atoms with Crippen molar-refractivity contribution in [3.8, 4) is 0 Å². The fourth-order valence-electron chi connectivity index (χ4n) is 2.56. The first-order valence-corrected chi connectivity index (χ1v) is 8.79. The lowest BCUT2D eigenvalue weighted by Gasteiger charge is -2.08. The molecule has 0 saturated heterocycles. The largest absolute Gasteiger partial charge is 0.281 e. The Kier molecular flexibility index (Phi) is 5.26. The number of carbonyl (C=O) groups is 1. The number of fused-ring (bicyclic) bond motifs is 1. The molecule has 1 heterocycles. The predicted octanol–water partition coefficient (Wildman–Crippen LogP) is 4.62. The van der Waals surface area contributed by atoms with E-state index in [-0.39, 0.29) is 5.91 Å². The molecule has 1 N–H and O–H groups in total. The van der Waals surface area contributed by atoms with Crippen LogP contribution in [0, 0.1) is 0 Å². The van der Waals surface area contributed by atoms with Gasteiger partial charge in [0.2, 0.25) is 0 Å². The van der Waals surface area contributed by atoms with Crippen molar-refractivity contribution < 1.29 is 4.79 Å². The molecule has 0 aliphatic heterocycles. The number of benzene rings is 1. The highest BCUT2D eigenvalue weighted by molar-refractivity contribution is 7.14. The van der Waals surface area contributed by atoms with Crippen LogP contribution in [-0.4, -0.2) is 12.1 Å². The third-order valence-electron chi connectivity index (χ3n) is 3.68. The molecule has 0 fully saturated rings. The van der Waals surface area contributed by atoms with Gasteiger partial charge in [-0.3, -0.25) is 4.79 Å². The van der Waals surface area contributed by atoms with Crippen LogP contribution in [0.5, 0.6) is 0 Å². The highest BCUT2D eigenvalue weighted by Gasteiger charge is 2.16. The second kappa shape index (κ2) is 7.57. The van der Waals surface area contributed by atoms with Crippen molar-refractivity contribution in [2.75, 3.05) is 0 Å². The summed E-state index contributed by atoms with van der Waals surface area (Å²) in [6, 6.07) is 11.7. The first-order valence-electron chi connectivity index (χ1n) is 7.59. The van der Waals surface area contributed by atoms with Gasteiger partial charge in [-0.1, -0.05) is 41.9 Å². The Balaban J connectivity index is 1.60. The van der Waals surface area contributed by atoms with Crippen LogP contribution < -0.4 is 5.43 Å². The Bertz CT molecular complexity index is 726. The van der Waals surface area contributed by atoms with Crippen LogP contribution >= 0.6 is 22.9 Å². The zero-order valence-electron chi connectivity index (χ0n) is 12.6. The molecular formula is C18H17ClN2OS. The maximum Gasteiger partial charge on any atom is 0.281 e. The highest BCUT2D eigenvalue weighted by Crippen LogP contribution is 2.29. The molecule has 0 spiro atoms. The molecule has 0 saturated carbocycles. The van der Waals surface area contributed by atoms with Gasteiger partial charge in [-0.25, -0.2) is 5.43 Å². The molecule has 1 aromatic carbocycles. The second-order valence-corrected chi connectivity index (χ2v) is 6.98. The maximum atomic E-state index is 12.1. The SMILES string of the molecule is O=C(NN=CC(Cl)=Cc1ccccc1)c1cc2c(s1)CCCC2. The zero-order chi connectivity index (χ0) is 16.1. The van der Waals surface area contributed by atoms with E-state index < -0.39 is 0 Å². The molecule has 0 bridgehead atoms. The first-order chi connectivity index (χ1) is 11.2. The summed E-state index contributed by atoms with van der Waals surface area (Å²) in [6.45, 7) is 0. The third kappa shape index (κ3) is 4.30. The molecule has 0 atom stereocenters. The number of nitrogens with one attached hydrogen (secondary N) is 1. The van der Waals surface area contributed by atoms with Crippen LogP contribution in [0.25, 0.3) is 6.08 Å². The van der Waals surface area contributed by atoms with Crippen LogP contribution in [0.1, 0.15) is 38.5 Å². The Morgan fingerprint density at radius 3 is 2.78 bits per heavy atom. The molecule has 3 rings (SSSR count). The van der Waals surface area contributed by atoms with E-state index in [1.165, 1.54) is 29.5 Å². The Morgan fingerprint density at radius 2 is 2.00 bits per heavy atom. The van der Waals surface area contributed by atoms with Crippen LogP contribution in [0.4, 0.5) is 0 Å². The van der Waals surface area contributed by atoms with Gasteiger partial charge < -0.3 is 0 Å². The van der Waals surface area contributed by atoms with Crippen molar-refractivity contribution >= 4 is 41.1 Å². The number of thiophene rings is 1. The smallest absolute Gasteiger partial charge is 0.266 e. The minimum atomic E-state index is -0.176. The Labute approximate surface area is 144 Å². The standard InChI is InChI=1S/C18H17ClN2OS/c19-15(10-13-6-2-1-3-7-13)12-20-21-18(22)17-11-14-8-4-5-9-16(14)23-17/h1-3,6-7,10-12H,4-5,8-9H2,(H,21,22). The maximum absolute atomic E-state index is 12.1. The van der Waals surface area contributed by atoms with Crippen molar-refractivity contribution in [3.63, 3.8) is 0 Å². The van der Waals surface area contributed by atoms with E-state index in [4.69, 9.17) is 11.6 Å². The van der Waals surface area contributed by atoms with Crippen LogP contribution in [-0.2, 0) is 12.8 Å². The average Bonchev–Trinajstić information content (AvgIpc) is 3.00. The lowest BCUT2D eigenvalue weighted by atomic mass is 9.99. The van der Waals surface area contributed by atoms with E-state index in [0.717, 1.165) is 23.3 Å². The number of halogens is 1. The monoisotopic (exact) mass is 344 g/mol. The summed E-state index contributed by atoms with van der Waals surface area (Å²) in [6.07, 6.45) is 7.83. The molecule has 1 aromatic heterocycles. The fraction of sp³-hybridized carbons (Fsp3) is 0.222. The number of hydrazone groups is 1. The van der Waals surface area contributed by atoms with Gasteiger partial charge in [0.1, 0.15) is 0 Å². The lowest BCUT2D eigenvalue weighted by molar-refractivity contribution is 0.0959. The highest BCUT2D eigenvalue weighted by atomic mass is 35.5. The number of aryl methyl sites for hydroxylation is 2. The van der Waals surface area contributed by atoms with Crippen molar-refractivity contribution in [2.45, 2.75) is 25.7 Å². The molecule has 0 radical (unpaired) electrons. The van der Waals surface area contributed by atoms with Crippen molar-refractivity contribution in [2.24, 2.45) is 5.10 Å². The van der Waals surface area contributed by atoms with Gasteiger partial charge >= 0.3 is 0 Å². The lowest BCUT2D eigenvalue weighted by Crippen LogP contribution is -2.16. The number of nitrogens with zero attached hydrogens (tertiary/aromatic N) is 1. The normalized spacial score (nSPS) is 14.7. The van der Waals surface area contributed by atoms with Crippen LogP contribution in [0.15, 0.2) is 46.5 Å². The minimum absolute atomic E-state index is 0.176. The van der Waals surface area contributed by atoms with E-state index in [9.17, 15) is 4.79 Å². The summed E-state index contributed by atoms with van der Waals surface area (Å²) < 4.78 is 0. The summed E-state index contributed by atoms with van der Waals surface area (Å²) in [5, 5.41) is 4.39. The quantitative estimate of drug-likeness (QED) is 0.638. The molecule has 23 heavy (non-hydrogen) atoms. The molecule has 1 amide bonds. The minimum Gasteiger partial charge on any atom is -0.266 e. The van der Waals surface area contributed by atoms with Crippen molar-refractivity contribution in [3.05, 3.63) is 62.3 Å². The molecule has 1 aliphatic rings. The van der Waals surface area contributed by atoms with Crippen LogP contribution in [0.3, 0.4) is 0 Å². The third-order valence-corrected chi connectivity index (χ3v) is 5.12. The number of allylic oxidation sites excluding steroid dienone is 1. The molecule has 1 aliphatic carbocycles. The molecular weight excluding hydrogens is 328 g/mol. The molecule has 0 unspecified atom stereocenters. The number of hydrogen-bond donors (Lipinski definition) is 1. The average molecular weight is 345 g/mol. The predicted molar refractivity (Wildman–Crippen MR) is 97.2 cm³/mol. The topological polar surface area (TPSA) is 41.5 Å². The van der Waals surface area contributed by atoms with Gasteiger partial charge in [0.05, 0.1) is 16.1 Å². The summed E-state index contributed by atoms with van der Waals surface area (Å²) in [5.41, 5.74) is 4.84. The van der Waals surface area contributed by atoms with Gasteiger partial charge in [-0.05, 0) is 49.0 Å². The summed E-state index contributed by atoms with van der Waals surface area (Å²) in [5.74, 6) is -0.176. The number of hydrogen-bond acceptors (Lipinski definition) is 3. The Morgan fingerprint density at radius 1 is 1.22 bits per heavy atom. The molecule has 118 valence electrons. The van der Waals surface area contributed by atoms with Gasteiger partial charge in [0, 0.05) is 4.88 Å². The van der Waals surface area contributed by atoms with Gasteiger partial charge in [0.25, 0.3) is 5.91 Å². The van der Waals surface area contributed by atoms with E-state index in [1.807, 2.05) is 36.4 Å². The molecule has 2 aromatic rings. The van der Waals surface area contributed by atoms with E-state index in [0.29, 0.717) is 5.03 Å². The van der Waals surface area contributed by atoms with E-state index in [1.54, 1.807) is 17.4 Å². The molecule has 5 heteroatoms. The van der Waals surface area contributed by atoms with E-state index in [2.05, 4.69) is 10.5 Å². The van der Waals surface area contributed by atoms with Gasteiger partial charge in [-0.2, -0.15) is 5.10 Å². The summed E-state index contributed by atoms with van der Waals surface area (Å²) >= 11 is 7.66. The molecule has 3 nitrogen and oxygen atoms in total.